The van der Waals surface area contributed by atoms with Gasteiger partial charge in [0.2, 0.25) is 0 Å². The molecule has 0 saturated carbocycles. The molecule has 0 bridgehead atoms. The van der Waals surface area contributed by atoms with Crippen molar-refractivity contribution in [3.05, 3.63) is 29.8 Å². The Hall–Kier alpha value is -1.35. The highest BCUT2D eigenvalue weighted by atomic mass is 16.5. The predicted molar refractivity (Wildman–Crippen MR) is 63.0 cm³/mol. The average Bonchev–Trinajstić information content (AvgIpc) is 2.77. The van der Waals surface area contributed by atoms with Crippen molar-refractivity contribution in [2.75, 3.05) is 13.7 Å². The minimum atomic E-state index is -0.380. The monoisotopic (exact) mass is 219 g/mol. The maximum absolute atomic E-state index is 12.3. The van der Waals surface area contributed by atoms with Crippen LogP contribution in [0.3, 0.4) is 0 Å². The van der Waals surface area contributed by atoms with Crippen LogP contribution in [0, 0.1) is 0 Å². The summed E-state index contributed by atoms with van der Waals surface area (Å²) >= 11 is 0. The molecule has 1 aromatic rings. The number of methoxy groups -OCH3 is 1. The SMILES string of the molecule is COc1ccc(C(=O)C2(C)CCCN2)cc1. The third-order valence-electron chi connectivity index (χ3n) is 3.22. The molecule has 1 saturated heterocycles. The summed E-state index contributed by atoms with van der Waals surface area (Å²) < 4.78 is 5.07. The Morgan fingerprint density at radius 1 is 1.38 bits per heavy atom. The highest BCUT2D eigenvalue weighted by molar-refractivity contribution is 6.03. The number of ether oxygens (including phenoxy) is 1. The van der Waals surface area contributed by atoms with Gasteiger partial charge < -0.3 is 10.1 Å². The first-order valence-electron chi connectivity index (χ1n) is 5.59. The zero-order chi connectivity index (χ0) is 11.6. The molecule has 1 aliphatic rings. The molecule has 16 heavy (non-hydrogen) atoms. The van der Waals surface area contributed by atoms with Gasteiger partial charge in [0.05, 0.1) is 12.6 Å². The first-order valence-corrected chi connectivity index (χ1v) is 5.59. The topological polar surface area (TPSA) is 38.3 Å². The Morgan fingerprint density at radius 3 is 2.56 bits per heavy atom. The fourth-order valence-corrected chi connectivity index (χ4v) is 2.15. The lowest BCUT2D eigenvalue weighted by Crippen LogP contribution is -2.44. The van der Waals surface area contributed by atoms with Crippen LogP contribution >= 0.6 is 0 Å². The number of Topliss-reactive ketones (excluding diaryl/α,β-unsaturated/α-hetero) is 1. The summed E-state index contributed by atoms with van der Waals surface area (Å²) in [5.41, 5.74) is 0.368. The van der Waals surface area contributed by atoms with E-state index in [1.54, 1.807) is 7.11 Å². The molecule has 0 aromatic heterocycles. The number of ketones is 1. The van der Waals surface area contributed by atoms with Gasteiger partial charge >= 0.3 is 0 Å². The lowest BCUT2D eigenvalue weighted by atomic mass is 9.90. The van der Waals surface area contributed by atoms with Crippen LogP contribution < -0.4 is 10.1 Å². The summed E-state index contributed by atoms with van der Waals surface area (Å²) in [7, 11) is 1.62. The largest absolute Gasteiger partial charge is 0.497 e. The molecule has 0 radical (unpaired) electrons. The molecule has 2 rings (SSSR count). The Labute approximate surface area is 95.8 Å². The van der Waals surface area contributed by atoms with Gasteiger partial charge in [-0.3, -0.25) is 4.79 Å². The zero-order valence-electron chi connectivity index (χ0n) is 9.75. The molecule has 1 N–H and O–H groups in total. The van der Waals surface area contributed by atoms with Crippen LogP contribution in [-0.4, -0.2) is 25.0 Å². The number of hydrogen-bond acceptors (Lipinski definition) is 3. The Morgan fingerprint density at radius 2 is 2.06 bits per heavy atom. The standard InChI is InChI=1S/C13H17NO2/c1-13(8-3-9-14-13)12(15)10-4-6-11(16-2)7-5-10/h4-7,14H,3,8-9H2,1-2H3. The van der Waals surface area contributed by atoms with Crippen molar-refractivity contribution >= 4 is 5.78 Å². The number of carbonyl (C=O) groups is 1. The third kappa shape index (κ3) is 1.95. The summed E-state index contributed by atoms with van der Waals surface area (Å²) in [6.45, 7) is 2.91. The fraction of sp³-hybridized carbons (Fsp3) is 0.462. The minimum absolute atomic E-state index is 0.174. The molecule has 1 aliphatic heterocycles. The highest BCUT2D eigenvalue weighted by Gasteiger charge is 2.36. The number of benzene rings is 1. The number of rotatable bonds is 3. The Kier molecular flexibility index (Phi) is 2.97. The summed E-state index contributed by atoms with van der Waals surface area (Å²) in [5.74, 6) is 0.953. The molecule has 0 spiro atoms. The van der Waals surface area contributed by atoms with Crippen LogP contribution in [0.25, 0.3) is 0 Å². The highest BCUT2D eigenvalue weighted by Crippen LogP contribution is 2.24. The molecule has 1 fully saturated rings. The maximum atomic E-state index is 12.3. The van der Waals surface area contributed by atoms with Crippen molar-refractivity contribution in [2.24, 2.45) is 0 Å². The molecule has 86 valence electrons. The molecular weight excluding hydrogens is 202 g/mol. The normalized spacial score (nSPS) is 24.4. The van der Waals surface area contributed by atoms with Gasteiger partial charge in [0.25, 0.3) is 0 Å². The van der Waals surface area contributed by atoms with E-state index in [0.29, 0.717) is 0 Å². The van der Waals surface area contributed by atoms with Gasteiger partial charge in [0.1, 0.15) is 5.75 Å². The van der Waals surface area contributed by atoms with E-state index in [9.17, 15) is 4.79 Å². The van der Waals surface area contributed by atoms with Gasteiger partial charge in [-0.15, -0.1) is 0 Å². The van der Waals surface area contributed by atoms with Crippen molar-refractivity contribution in [1.82, 2.24) is 5.32 Å². The minimum Gasteiger partial charge on any atom is -0.497 e. The van der Waals surface area contributed by atoms with Crippen LogP contribution in [0.2, 0.25) is 0 Å². The van der Waals surface area contributed by atoms with E-state index in [1.807, 2.05) is 31.2 Å². The fourth-order valence-electron chi connectivity index (χ4n) is 2.15. The van der Waals surface area contributed by atoms with Crippen LogP contribution in [0.1, 0.15) is 30.1 Å². The van der Waals surface area contributed by atoms with Crippen molar-refractivity contribution in [1.29, 1.82) is 0 Å². The summed E-state index contributed by atoms with van der Waals surface area (Å²) in [6, 6.07) is 7.30. The van der Waals surface area contributed by atoms with Gasteiger partial charge in [-0.1, -0.05) is 0 Å². The summed E-state index contributed by atoms with van der Waals surface area (Å²) in [6.07, 6.45) is 1.98. The van der Waals surface area contributed by atoms with Crippen LogP contribution in [0.5, 0.6) is 5.75 Å². The molecule has 1 aromatic carbocycles. The molecule has 0 amide bonds. The van der Waals surface area contributed by atoms with Gasteiger partial charge in [-0.2, -0.15) is 0 Å². The van der Waals surface area contributed by atoms with E-state index >= 15 is 0 Å². The second-order valence-electron chi connectivity index (χ2n) is 4.42. The number of carbonyl (C=O) groups excluding carboxylic acids is 1. The third-order valence-corrected chi connectivity index (χ3v) is 3.22. The first kappa shape index (κ1) is 11.1. The van der Waals surface area contributed by atoms with Gasteiger partial charge in [0, 0.05) is 5.56 Å². The van der Waals surface area contributed by atoms with Gasteiger partial charge in [-0.05, 0) is 50.6 Å². The Balaban J connectivity index is 2.20. The van der Waals surface area contributed by atoms with E-state index in [0.717, 1.165) is 30.7 Å². The van der Waals surface area contributed by atoms with Crippen LogP contribution in [0.4, 0.5) is 0 Å². The first-order chi connectivity index (χ1) is 7.65. The smallest absolute Gasteiger partial charge is 0.182 e. The number of nitrogens with one attached hydrogen (secondary N) is 1. The lowest BCUT2D eigenvalue weighted by molar-refractivity contribution is 0.0884. The molecule has 1 heterocycles. The summed E-state index contributed by atoms with van der Waals surface area (Å²) in [4.78, 5) is 12.3. The van der Waals surface area contributed by atoms with Crippen molar-refractivity contribution < 1.29 is 9.53 Å². The molecule has 0 aliphatic carbocycles. The predicted octanol–water partition coefficient (Wildman–Crippen LogP) is 2.02. The molecule has 1 unspecified atom stereocenters. The van der Waals surface area contributed by atoms with E-state index in [4.69, 9.17) is 4.74 Å². The molecule has 3 nitrogen and oxygen atoms in total. The molecule has 3 heteroatoms. The van der Waals surface area contributed by atoms with Crippen LogP contribution in [-0.2, 0) is 0 Å². The van der Waals surface area contributed by atoms with E-state index < -0.39 is 0 Å². The average molecular weight is 219 g/mol. The van der Waals surface area contributed by atoms with Crippen molar-refractivity contribution in [2.45, 2.75) is 25.3 Å². The second kappa shape index (κ2) is 4.26. The Bertz CT molecular complexity index is 377. The molecule has 1 atom stereocenters. The maximum Gasteiger partial charge on any atom is 0.182 e. The second-order valence-corrected chi connectivity index (χ2v) is 4.42. The van der Waals surface area contributed by atoms with Gasteiger partial charge in [0.15, 0.2) is 5.78 Å². The van der Waals surface area contributed by atoms with Crippen LogP contribution in [0.15, 0.2) is 24.3 Å². The van der Waals surface area contributed by atoms with E-state index in [-0.39, 0.29) is 11.3 Å². The van der Waals surface area contributed by atoms with Gasteiger partial charge in [-0.25, -0.2) is 0 Å². The lowest BCUT2D eigenvalue weighted by Gasteiger charge is -2.22. The van der Waals surface area contributed by atoms with E-state index in [1.165, 1.54) is 0 Å². The number of hydrogen-bond donors (Lipinski definition) is 1. The quantitative estimate of drug-likeness (QED) is 0.790. The van der Waals surface area contributed by atoms with E-state index in [2.05, 4.69) is 5.32 Å². The zero-order valence-corrected chi connectivity index (χ0v) is 9.75. The molecular formula is C13H17NO2. The van der Waals surface area contributed by atoms with Crippen molar-refractivity contribution in [3.63, 3.8) is 0 Å². The van der Waals surface area contributed by atoms with Crippen molar-refractivity contribution in [3.8, 4) is 5.75 Å². The summed E-state index contributed by atoms with van der Waals surface area (Å²) in [5, 5.41) is 3.28.